The fourth-order valence-corrected chi connectivity index (χ4v) is 6.43. The lowest BCUT2D eigenvalue weighted by Gasteiger charge is -2.36. The van der Waals surface area contributed by atoms with Gasteiger partial charge in [-0.1, -0.05) is 41.9 Å². The molecule has 1 atom stereocenters. The number of halogens is 1. The molecule has 2 aromatic carbocycles. The van der Waals surface area contributed by atoms with Gasteiger partial charge in [-0.25, -0.2) is 8.42 Å². The van der Waals surface area contributed by atoms with E-state index in [9.17, 15) is 18.0 Å². The maximum absolute atomic E-state index is 13.3. The number of hydrogen-bond acceptors (Lipinski definition) is 5. The molecule has 1 saturated heterocycles. The molecule has 0 bridgehead atoms. The number of anilines is 1. The number of fused-ring (bicyclic) bond motifs is 1. The summed E-state index contributed by atoms with van der Waals surface area (Å²) >= 11 is 6.29. The number of rotatable bonds is 4. The average Bonchev–Trinajstić information content (AvgIpc) is 3.62. The summed E-state index contributed by atoms with van der Waals surface area (Å²) in [6.07, 6.45) is 0.894. The molecule has 3 aliphatic rings. The quantitative estimate of drug-likeness (QED) is 0.712. The Morgan fingerprint density at radius 2 is 1.79 bits per heavy atom. The molecule has 2 amide bonds. The number of carbonyl (C=O) groups excluding carboxylic acids is 2. The predicted octanol–water partition coefficient (Wildman–Crippen LogP) is 2.62. The lowest BCUT2D eigenvalue weighted by molar-refractivity contribution is -0.135. The van der Waals surface area contributed by atoms with Crippen LogP contribution in [0.4, 0.5) is 5.69 Å². The van der Waals surface area contributed by atoms with E-state index in [-0.39, 0.29) is 40.6 Å². The largest absolute Gasteiger partial charge is 0.479 e. The lowest BCUT2D eigenvalue weighted by atomic mass is 9.94. The highest BCUT2D eigenvalue weighted by Gasteiger charge is 2.53. The highest BCUT2D eigenvalue weighted by molar-refractivity contribution is 7.89. The third-order valence-electron chi connectivity index (χ3n) is 6.59. The maximum atomic E-state index is 13.3. The molecule has 8 nitrogen and oxygen atoms in total. The minimum absolute atomic E-state index is 0.00622. The smallest absolute Gasteiger partial charge is 0.265 e. The van der Waals surface area contributed by atoms with Gasteiger partial charge in [-0.15, -0.1) is 0 Å². The monoisotopic (exact) mass is 489 g/mol. The topological polar surface area (TPSA) is 96.0 Å². The zero-order valence-electron chi connectivity index (χ0n) is 18.1. The molecule has 2 heterocycles. The van der Waals surface area contributed by atoms with Gasteiger partial charge in [0.05, 0.1) is 16.1 Å². The molecule has 1 aliphatic carbocycles. The Labute approximate surface area is 197 Å². The predicted molar refractivity (Wildman–Crippen MR) is 123 cm³/mol. The van der Waals surface area contributed by atoms with Crippen LogP contribution in [0.15, 0.2) is 47.4 Å². The molecule has 33 heavy (non-hydrogen) atoms. The first-order valence-corrected chi connectivity index (χ1v) is 12.7. The van der Waals surface area contributed by atoms with Crippen LogP contribution in [0.2, 0.25) is 5.02 Å². The Balaban J connectivity index is 1.32. The molecule has 0 unspecified atom stereocenters. The van der Waals surface area contributed by atoms with Crippen LogP contribution in [0, 0.1) is 0 Å². The van der Waals surface area contributed by atoms with Gasteiger partial charge in [0.1, 0.15) is 10.6 Å². The second-order valence-electron chi connectivity index (χ2n) is 8.67. The number of benzene rings is 2. The van der Waals surface area contributed by atoms with Crippen molar-refractivity contribution in [3.63, 3.8) is 0 Å². The van der Waals surface area contributed by atoms with Crippen LogP contribution in [0.1, 0.15) is 25.3 Å². The zero-order chi connectivity index (χ0) is 23.4. The van der Waals surface area contributed by atoms with Crippen molar-refractivity contribution in [1.29, 1.82) is 0 Å². The van der Waals surface area contributed by atoms with Gasteiger partial charge >= 0.3 is 0 Å². The van der Waals surface area contributed by atoms with Crippen LogP contribution >= 0.6 is 11.6 Å². The van der Waals surface area contributed by atoms with Crippen molar-refractivity contribution in [1.82, 2.24) is 9.21 Å². The molecule has 1 saturated carbocycles. The van der Waals surface area contributed by atoms with Crippen molar-refractivity contribution in [2.24, 2.45) is 0 Å². The lowest BCUT2D eigenvalue weighted by Crippen LogP contribution is -2.52. The van der Waals surface area contributed by atoms with Gasteiger partial charge in [0.2, 0.25) is 15.9 Å². The molecule has 2 aliphatic heterocycles. The van der Waals surface area contributed by atoms with E-state index in [1.54, 1.807) is 11.8 Å². The van der Waals surface area contributed by atoms with Crippen molar-refractivity contribution >= 4 is 39.1 Å². The van der Waals surface area contributed by atoms with E-state index < -0.39 is 21.5 Å². The van der Waals surface area contributed by atoms with Gasteiger partial charge in [-0.05, 0) is 31.4 Å². The van der Waals surface area contributed by atoms with E-state index in [2.05, 4.69) is 5.32 Å². The molecule has 0 spiro atoms. The van der Waals surface area contributed by atoms with Gasteiger partial charge in [-0.2, -0.15) is 4.31 Å². The molecule has 5 rings (SSSR count). The summed E-state index contributed by atoms with van der Waals surface area (Å²) in [6, 6.07) is 12.5. The van der Waals surface area contributed by atoms with Gasteiger partial charge in [0.25, 0.3) is 5.91 Å². The van der Waals surface area contributed by atoms with Crippen molar-refractivity contribution in [2.45, 2.75) is 36.2 Å². The van der Waals surface area contributed by atoms with Crippen molar-refractivity contribution < 1.29 is 22.7 Å². The molecule has 0 radical (unpaired) electrons. The van der Waals surface area contributed by atoms with Crippen molar-refractivity contribution in [2.75, 3.05) is 31.5 Å². The minimum atomic E-state index is -3.91. The Kier molecular flexibility index (Phi) is 5.38. The Morgan fingerprint density at radius 3 is 2.42 bits per heavy atom. The van der Waals surface area contributed by atoms with Gasteiger partial charge in [0, 0.05) is 32.2 Å². The standard InChI is InChI=1S/C23H24ClN3O5S/c1-15-21(28)25-18-13-17(24)20(14-19(18)32-15)33(30,31)27-11-9-26(10-12-27)22(29)23(7-8-23)16-5-3-2-4-6-16/h2-6,13-15H,7-12H2,1H3,(H,25,28)/t15-/m0/s1. The average molecular weight is 490 g/mol. The third kappa shape index (κ3) is 3.78. The highest BCUT2D eigenvalue weighted by Crippen LogP contribution is 2.49. The summed E-state index contributed by atoms with van der Waals surface area (Å²) in [5.41, 5.74) is 0.892. The van der Waals surface area contributed by atoms with E-state index in [1.165, 1.54) is 16.4 Å². The van der Waals surface area contributed by atoms with Gasteiger partial charge < -0.3 is 15.0 Å². The number of ether oxygens (including phenoxy) is 1. The van der Waals surface area contributed by atoms with Gasteiger partial charge in [0.15, 0.2) is 6.10 Å². The van der Waals surface area contributed by atoms with Gasteiger partial charge in [-0.3, -0.25) is 9.59 Å². The number of nitrogens with zero attached hydrogens (tertiary/aromatic N) is 2. The second kappa shape index (κ2) is 8.00. The fourth-order valence-electron chi connectivity index (χ4n) is 4.49. The molecule has 2 aromatic rings. The van der Waals surface area contributed by atoms with E-state index in [0.717, 1.165) is 18.4 Å². The van der Waals surface area contributed by atoms with Crippen LogP contribution in [-0.4, -0.2) is 61.7 Å². The zero-order valence-corrected chi connectivity index (χ0v) is 19.7. The van der Waals surface area contributed by atoms with Crippen LogP contribution in [-0.2, 0) is 25.0 Å². The normalized spacial score (nSPS) is 22.2. The molecule has 2 fully saturated rings. The van der Waals surface area contributed by atoms with Crippen molar-refractivity contribution in [3.05, 3.63) is 53.1 Å². The minimum Gasteiger partial charge on any atom is -0.479 e. The number of nitrogens with one attached hydrogen (secondary N) is 1. The first-order valence-electron chi connectivity index (χ1n) is 10.9. The summed E-state index contributed by atoms with van der Waals surface area (Å²) in [5, 5.41) is 2.67. The summed E-state index contributed by atoms with van der Waals surface area (Å²) < 4.78 is 33.6. The number of carbonyl (C=O) groups is 2. The first-order chi connectivity index (χ1) is 15.7. The highest BCUT2D eigenvalue weighted by atomic mass is 35.5. The molecule has 174 valence electrons. The van der Waals surface area contributed by atoms with Crippen molar-refractivity contribution in [3.8, 4) is 5.75 Å². The third-order valence-corrected chi connectivity index (χ3v) is 8.96. The summed E-state index contributed by atoms with van der Waals surface area (Å²) in [5.74, 6) is 0.00650. The van der Waals surface area contributed by atoms with Crippen LogP contribution in [0.25, 0.3) is 0 Å². The summed E-state index contributed by atoms with van der Waals surface area (Å²) in [6.45, 7) is 2.58. The molecular formula is C23H24ClN3O5S. The summed E-state index contributed by atoms with van der Waals surface area (Å²) in [4.78, 5) is 26.8. The molecular weight excluding hydrogens is 466 g/mol. The molecule has 10 heteroatoms. The SMILES string of the molecule is C[C@@H]1Oc2cc(S(=O)(=O)N3CCN(C(=O)C4(c5ccccc5)CC4)CC3)c(Cl)cc2NC1=O. The number of piperazine rings is 1. The number of amides is 2. The number of sulfonamides is 1. The van der Waals surface area contributed by atoms with Crippen LogP contribution in [0.3, 0.4) is 0 Å². The molecule has 1 N–H and O–H groups in total. The van der Waals surface area contributed by atoms with Crippen LogP contribution < -0.4 is 10.1 Å². The Bertz CT molecular complexity index is 1220. The maximum Gasteiger partial charge on any atom is 0.265 e. The van der Waals surface area contributed by atoms with E-state index in [0.29, 0.717) is 18.8 Å². The van der Waals surface area contributed by atoms with E-state index in [1.807, 2.05) is 30.3 Å². The Morgan fingerprint density at radius 1 is 1.12 bits per heavy atom. The fraction of sp³-hybridized carbons (Fsp3) is 0.391. The van der Waals surface area contributed by atoms with Crippen LogP contribution in [0.5, 0.6) is 5.75 Å². The first kappa shape index (κ1) is 22.2. The van der Waals surface area contributed by atoms with E-state index in [4.69, 9.17) is 16.3 Å². The number of hydrogen-bond donors (Lipinski definition) is 1. The van der Waals surface area contributed by atoms with E-state index >= 15 is 0 Å². The summed E-state index contributed by atoms with van der Waals surface area (Å²) in [7, 11) is -3.91. The molecule has 0 aromatic heterocycles. The second-order valence-corrected chi connectivity index (χ2v) is 11.0. The Hall–Kier alpha value is -2.62.